The molecular formula is C12H13N3O2S. The van der Waals surface area contributed by atoms with Crippen LogP contribution in [0.5, 0.6) is 0 Å². The Morgan fingerprint density at radius 2 is 2.11 bits per heavy atom. The first-order valence-electron chi connectivity index (χ1n) is 5.47. The Morgan fingerprint density at radius 1 is 1.33 bits per heavy atom. The van der Waals surface area contributed by atoms with Crippen molar-refractivity contribution in [3.05, 3.63) is 36.2 Å². The van der Waals surface area contributed by atoms with E-state index in [9.17, 15) is 4.79 Å². The summed E-state index contributed by atoms with van der Waals surface area (Å²) < 4.78 is 5.38. The molecule has 94 valence electrons. The van der Waals surface area contributed by atoms with Crippen molar-refractivity contribution in [2.45, 2.75) is 18.7 Å². The number of rotatable bonds is 6. The van der Waals surface area contributed by atoms with Gasteiger partial charge in [-0.05, 0) is 19.1 Å². The summed E-state index contributed by atoms with van der Waals surface area (Å²) in [6.45, 7) is 2.00. The maximum atomic E-state index is 10.8. The van der Waals surface area contributed by atoms with Crippen LogP contribution in [0.4, 0.5) is 5.69 Å². The molecule has 0 amide bonds. The quantitative estimate of drug-likeness (QED) is 0.807. The number of para-hydroxylation sites is 1. The fourth-order valence-electron chi connectivity index (χ4n) is 1.27. The molecule has 1 aromatic heterocycles. The van der Waals surface area contributed by atoms with Crippen LogP contribution in [0.1, 0.15) is 12.8 Å². The number of benzene rings is 1. The monoisotopic (exact) mass is 263 g/mol. The third kappa shape index (κ3) is 3.89. The fraction of sp³-hybridized carbons (Fsp3) is 0.250. The number of hydrogen-bond donors (Lipinski definition) is 1. The van der Waals surface area contributed by atoms with Crippen LogP contribution >= 0.6 is 11.8 Å². The third-order valence-electron chi connectivity index (χ3n) is 2.06. The van der Waals surface area contributed by atoms with Crippen LogP contribution in [-0.2, 0) is 11.3 Å². The number of carbonyl (C=O) groups excluding carboxylic acids is 1. The van der Waals surface area contributed by atoms with Gasteiger partial charge in [0.25, 0.3) is 5.22 Å². The van der Waals surface area contributed by atoms with E-state index < -0.39 is 0 Å². The Morgan fingerprint density at radius 3 is 2.83 bits per heavy atom. The Kier molecular flexibility index (Phi) is 4.35. The fourth-order valence-corrected chi connectivity index (χ4v) is 1.85. The van der Waals surface area contributed by atoms with E-state index in [0.717, 1.165) is 5.69 Å². The lowest BCUT2D eigenvalue weighted by molar-refractivity contribution is -0.114. The molecule has 0 spiro atoms. The van der Waals surface area contributed by atoms with Gasteiger partial charge in [0.1, 0.15) is 5.78 Å². The molecule has 0 saturated heterocycles. The van der Waals surface area contributed by atoms with Gasteiger partial charge in [0, 0.05) is 5.69 Å². The van der Waals surface area contributed by atoms with Gasteiger partial charge in [0.2, 0.25) is 5.89 Å². The number of anilines is 1. The smallest absolute Gasteiger partial charge is 0.277 e. The molecule has 0 fully saturated rings. The number of hydrogen-bond acceptors (Lipinski definition) is 6. The lowest BCUT2D eigenvalue weighted by Crippen LogP contribution is -1.99. The average Bonchev–Trinajstić information content (AvgIpc) is 2.83. The molecule has 18 heavy (non-hydrogen) atoms. The second kappa shape index (κ2) is 6.20. The van der Waals surface area contributed by atoms with Crippen LogP contribution < -0.4 is 5.32 Å². The van der Waals surface area contributed by atoms with Crippen molar-refractivity contribution in [1.82, 2.24) is 10.2 Å². The number of aromatic nitrogens is 2. The van der Waals surface area contributed by atoms with Crippen molar-refractivity contribution in [3.63, 3.8) is 0 Å². The summed E-state index contributed by atoms with van der Waals surface area (Å²) in [7, 11) is 0. The van der Waals surface area contributed by atoms with Gasteiger partial charge in [-0.25, -0.2) is 0 Å². The largest absolute Gasteiger partial charge is 0.414 e. The topological polar surface area (TPSA) is 68.0 Å². The molecule has 0 bridgehead atoms. The summed E-state index contributed by atoms with van der Waals surface area (Å²) in [5.41, 5.74) is 0.994. The van der Waals surface area contributed by atoms with E-state index in [0.29, 0.717) is 23.4 Å². The molecule has 1 aromatic carbocycles. The van der Waals surface area contributed by atoms with Gasteiger partial charge in [-0.1, -0.05) is 30.0 Å². The first kappa shape index (κ1) is 12.6. The predicted molar refractivity (Wildman–Crippen MR) is 69.5 cm³/mol. The first-order valence-corrected chi connectivity index (χ1v) is 6.46. The number of Topliss-reactive ketones (excluding diaryl/α,β-unsaturated/α-hetero) is 1. The number of thioether (sulfide) groups is 1. The van der Waals surface area contributed by atoms with E-state index in [2.05, 4.69) is 15.5 Å². The van der Waals surface area contributed by atoms with E-state index in [4.69, 9.17) is 4.42 Å². The molecule has 6 heteroatoms. The Labute approximate surface area is 109 Å². The molecular weight excluding hydrogens is 250 g/mol. The number of ketones is 1. The lowest BCUT2D eigenvalue weighted by atomic mass is 10.3. The van der Waals surface area contributed by atoms with Gasteiger partial charge >= 0.3 is 0 Å². The number of nitrogens with one attached hydrogen (secondary N) is 1. The zero-order chi connectivity index (χ0) is 12.8. The molecule has 0 radical (unpaired) electrons. The van der Waals surface area contributed by atoms with Gasteiger partial charge in [-0.15, -0.1) is 10.2 Å². The lowest BCUT2D eigenvalue weighted by Gasteiger charge is -2.01. The second-order valence-electron chi connectivity index (χ2n) is 3.67. The van der Waals surface area contributed by atoms with Crippen molar-refractivity contribution in [1.29, 1.82) is 0 Å². The summed E-state index contributed by atoms with van der Waals surface area (Å²) in [4.78, 5) is 10.8. The zero-order valence-electron chi connectivity index (χ0n) is 9.92. The first-order chi connectivity index (χ1) is 8.74. The Bertz CT molecular complexity index is 513. The van der Waals surface area contributed by atoms with E-state index in [1.54, 1.807) is 0 Å². The summed E-state index contributed by atoms with van der Waals surface area (Å²) in [6.07, 6.45) is 0. The van der Waals surface area contributed by atoms with Gasteiger partial charge in [0.05, 0.1) is 12.3 Å². The predicted octanol–water partition coefficient (Wildman–Crippen LogP) is 2.36. The van der Waals surface area contributed by atoms with Crippen LogP contribution in [0, 0.1) is 0 Å². The van der Waals surface area contributed by atoms with E-state index in [1.807, 2.05) is 30.3 Å². The van der Waals surface area contributed by atoms with Crippen LogP contribution in [0.2, 0.25) is 0 Å². The van der Waals surface area contributed by atoms with Crippen LogP contribution in [-0.4, -0.2) is 21.7 Å². The molecule has 1 N–H and O–H groups in total. The average molecular weight is 263 g/mol. The normalized spacial score (nSPS) is 10.3. The summed E-state index contributed by atoms with van der Waals surface area (Å²) >= 11 is 1.25. The molecule has 0 aliphatic carbocycles. The molecule has 0 unspecified atom stereocenters. The number of carbonyl (C=O) groups is 1. The summed E-state index contributed by atoms with van der Waals surface area (Å²) in [5, 5.41) is 11.3. The van der Waals surface area contributed by atoms with Crippen molar-refractivity contribution >= 4 is 23.2 Å². The Hall–Kier alpha value is -1.82. The van der Waals surface area contributed by atoms with Gasteiger partial charge in [-0.2, -0.15) is 0 Å². The summed E-state index contributed by atoms with van der Waals surface area (Å²) in [6, 6.07) is 9.77. The minimum atomic E-state index is 0.0853. The molecule has 2 rings (SSSR count). The molecule has 0 saturated carbocycles. The molecule has 0 aliphatic heterocycles. The molecule has 2 aromatic rings. The van der Waals surface area contributed by atoms with Crippen LogP contribution in [0.3, 0.4) is 0 Å². The minimum Gasteiger partial charge on any atom is -0.414 e. The van der Waals surface area contributed by atoms with Crippen molar-refractivity contribution in [2.24, 2.45) is 0 Å². The maximum Gasteiger partial charge on any atom is 0.277 e. The highest BCUT2D eigenvalue weighted by atomic mass is 32.2. The number of nitrogens with zero attached hydrogens (tertiary/aromatic N) is 2. The highest BCUT2D eigenvalue weighted by Gasteiger charge is 2.07. The molecule has 1 heterocycles. The van der Waals surface area contributed by atoms with Gasteiger partial charge in [0.15, 0.2) is 0 Å². The Balaban J connectivity index is 1.85. The molecule has 5 nitrogen and oxygen atoms in total. The highest BCUT2D eigenvalue weighted by molar-refractivity contribution is 7.99. The second-order valence-corrected chi connectivity index (χ2v) is 4.60. The van der Waals surface area contributed by atoms with Crippen LogP contribution in [0.25, 0.3) is 0 Å². The van der Waals surface area contributed by atoms with E-state index in [1.165, 1.54) is 18.7 Å². The molecule has 0 atom stereocenters. The van der Waals surface area contributed by atoms with Crippen LogP contribution in [0.15, 0.2) is 40.0 Å². The van der Waals surface area contributed by atoms with E-state index >= 15 is 0 Å². The van der Waals surface area contributed by atoms with Crippen molar-refractivity contribution in [2.75, 3.05) is 11.1 Å². The van der Waals surface area contributed by atoms with E-state index in [-0.39, 0.29) is 5.78 Å². The van der Waals surface area contributed by atoms with Gasteiger partial charge in [-0.3, -0.25) is 4.79 Å². The minimum absolute atomic E-state index is 0.0853. The van der Waals surface area contributed by atoms with Crippen molar-refractivity contribution < 1.29 is 9.21 Å². The van der Waals surface area contributed by atoms with Gasteiger partial charge < -0.3 is 9.73 Å². The zero-order valence-corrected chi connectivity index (χ0v) is 10.7. The highest BCUT2D eigenvalue weighted by Crippen LogP contribution is 2.16. The maximum absolute atomic E-state index is 10.8. The third-order valence-corrected chi connectivity index (χ3v) is 3.03. The summed E-state index contributed by atoms with van der Waals surface area (Å²) in [5.74, 6) is 0.945. The standard InChI is InChI=1S/C12H13N3O2S/c1-9(16)8-18-12-15-14-11(17-12)7-13-10-5-3-2-4-6-10/h2-6,13H,7-8H2,1H3. The molecule has 0 aliphatic rings. The van der Waals surface area contributed by atoms with Crippen molar-refractivity contribution in [3.8, 4) is 0 Å². The SMILES string of the molecule is CC(=O)CSc1nnc(CNc2ccccc2)o1.